The summed E-state index contributed by atoms with van der Waals surface area (Å²) < 4.78 is 49.6. The fraction of sp³-hybridized carbons (Fsp3) is 0.500. The molecule has 1 N–H and O–H groups in total. The average molecular weight is 275 g/mol. The minimum Gasteiger partial charge on any atom is -0.303 e. The Morgan fingerprint density at radius 1 is 1.28 bits per heavy atom. The first-order chi connectivity index (χ1) is 8.19. The highest BCUT2D eigenvalue weighted by atomic mass is 32.2. The van der Waals surface area contributed by atoms with Crippen molar-refractivity contribution in [3.05, 3.63) is 35.4 Å². The largest absolute Gasteiger partial charge is 0.303 e. The minimum absolute atomic E-state index is 0.0418. The van der Waals surface area contributed by atoms with Gasteiger partial charge in [0.1, 0.15) is 0 Å². The van der Waals surface area contributed by atoms with Crippen molar-refractivity contribution in [3.63, 3.8) is 0 Å². The van der Waals surface area contributed by atoms with Gasteiger partial charge in [-0.3, -0.25) is 0 Å². The van der Waals surface area contributed by atoms with E-state index >= 15 is 0 Å². The number of hydrogen-bond acceptors (Lipinski definition) is 3. The SMILES string of the molecule is CC1(C)CS(=O)(=O)CC(c2ccc(F)c(F)c2)N1. The molecule has 18 heavy (non-hydrogen) atoms. The van der Waals surface area contributed by atoms with Crippen molar-refractivity contribution < 1.29 is 17.2 Å². The number of rotatable bonds is 1. The van der Waals surface area contributed by atoms with Crippen molar-refractivity contribution in [2.24, 2.45) is 0 Å². The zero-order valence-corrected chi connectivity index (χ0v) is 11.0. The summed E-state index contributed by atoms with van der Waals surface area (Å²) >= 11 is 0. The number of nitrogens with one attached hydrogen (secondary N) is 1. The maximum absolute atomic E-state index is 13.2. The maximum Gasteiger partial charge on any atom is 0.159 e. The second kappa shape index (κ2) is 4.28. The highest BCUT2D eigenvalue weighted by Crippen LogP contribution is 2.26. The number of sulfone groups is 1. The first kappa shape index (κ1) is 13.4. The van der Waals surface area contributed by atoms with Crippen molar-refractivity contribution in [2.75, 3.05) is 11.5 Å². The van der Waals surface area contributed by atoms with E-state index in [0.29, 0.717) is 5.56 Å². The molecule has 0 bridgehead atoms. The summed E-state index contributed by atoms with van der Waals surface area (Å²) in [6, 6.07) is 2.96. The molecule has 0 aromatic heterocycles. The molecule has 0 radical (unpaired) electrons. The third-order valence-electron chi connectivity index (χ3n) is 2.91. The molecule has 6 heteroatoms. The Balaban J connectivity index is 2.35. The van der Waals surface area contributed by atoms with Gasteiger partial charge in [0.05, 0.1) is 11.5 Å². The van der Waals surface area contributed by atoms with Crippen LogP contribution in [0, 0.1) is 11.6 Å². The molecule has 1 aliphatic heterocycles. The summed E-state index contributed by atoms with van der Waals surface area (Å²) in [5.41, 5.74) is -0.127. The van der Waals surface area contributed by atoms with Gasteiger partial charge in [0, 0.05) is 11.6 Å². The molecule has 0 aliphatic carbocycles. The van der Waals surface area contributed by atoms with Crippen LogP contribution < -0.4 is 5.32 Å². The third kappa shape index (κ3) is 2.87. The van der Waals surface area contributed by atoms with Crippen LogP contribution in [0.5, 0.6) is 0 Å². The van der Waals surface area contributed by atoms with Crippen molar-refractivity contribution >= 4 is 9.84 Å². The first-order valence-electron chi connectivity index (χ1n) is 5.62. The topological polar surface area (TPSA) is 46.2 Å². The van der Waals surface area contributed by atoms with Gasteiger partial charge in [0.25, 0.3) is 0 Å². The molecule has 1 aliphatic rings. The Kier molecular flexibility index (Phi) is 3.19. The number of benzene rings is 1. The van der Waals surface area contributed by atoms with E-state index in [-0.39, 0.29) is 11.5 Å². The van der Waals surface area contributed by atoms with Crippen LogP contribution in [0.25, 0.3) is 0 Å². The van der Waals surface area contributed by atoms with Crippen molar-refractivity contribution in [2.45, 2.75) is 25.4 Å². The van der Waals surface area contributed by atoms with Gasteiger partial charge < -0.3 is 5.32 Å². The lowest BCUT2D eigenvalue weighted by atomic mass is 10.0. The van der Waals surface area contributed by atoms with Gasteiger partial charge in [0.15, 0.2) is 21.5 Å². The normalized spacial score (nSPS) is 25.9. The Labute approximate surface area is 105 Å². The lowest BCUT2D eigenvalue weighted by Crippen LogP contribution is -2.54. The lowest BCUT2D eigenvalue weighted by Gasteiger charge is -2.37. The van der Waals surface area contributed by atoms with Crippen LogP contribution in [-0.2, 0) is 9.84 Å². The van der Waals surface area contributed by atoms with Crippen molar-refractivity contribution in [1.29, 1.82) is 0 Å². The molecular weight excluding hydrogens is 260 g/mol. The lowest BCUT2D eigenvalue weighted by molar-refractivity contribution is 0.358. The third-order valence-corrected chi connectivity index (χ3v) is 4.92. The monoisotopic (exact) mass is 275 g/mol. The zero-order valence-electron chi connectivity index (χ0n) is 10.2. The summed E-state index contributed by atoms with van der Waals surface area (Å²) in [7, 11) is -3.19. The molecule has 1 fully saturated rings. The number of halogens is 2. The van der Waals surface area contributed by atoms with E-state index < -0.39 is 33.1 Å². The summed E-state index contributed by atoms with van der Waals surface area (Å²) in [5, 5.41) is 3.14. The van der Waals surface area contributed by atoms with Crippen LogP contribution >= 0.6 is 0 Å². The highest BCUT2D eigenvalue weighted by molar-refractivity contribution is 7.91. The summed E-state index contributed by atoms with van der Waals surface area (Å²) in [4.78, 5) is 0. The van der Waals surface area contributed by atoms with Crippen LogP contribution in [0.15, 0.2) is 18.2 Å². The Morgan fingerprint density at radius 2 is 1.94 bits per heavy atom. The Morgan fingerprint density at radius 3 is 2.50 bits per heavy atom. The molecule has 1 aromatic carbocycles. The van der Waals surface area contributed by atoms with Crippen molar-refractivity contribution in [1.82, 2.24) is 5.32 Å². The second-order valence-corrected chi connectivity index (χ2v) is 7.42. The fourth-order valence-electron chi connectivity index (χ4n) is 2.33. The van der Waals surface area contributed by atoms with E-state index in [0.717, 1.165) is 12.1 Å². The van der Waals surface area contributed by atoms with Crippen LogP contribution in [0.1, 0.15) is 25.5 Å². The molecular formula is C12H15F2NO2S. The van der Waals surface area contributed by atoms with Gasteiger partial charge in [-0.2, -0.15) is 0 Å². The molecule has 1 saturated heterocycles. The van der Waals surface area contributed by atoms with Gasteiger partial charge in [-0.1, -0.05) is 6.07 Å². The summed E-state index contributed by atoms with van der Waals surface area (Å²) in [5.74, 6) is -1.95. The average Bonchev–Trinajstić information content (AvgIpc) is 2.17. The smallest absolute Gasteiger partial charge is 0.159 e. The highest BCUT2D eigenvalue weighted by Gasteiger charge is 2.36. The summed E-state index contributed by atoms with van der Waals surface area (Å²) in [6.07, 6.45) is 0. The standard InChI is InChI=1S/C12H15F2NO2S/c1-12(2)7-18(16,17)6-11(15-12)8-3-4-9(13)10(14)5-8/h3-5,11,15H,6-7H2,1-2H3. The van der Waals surface area contributed by atoms with Crippen LogP contribution in [0.2, 0.25) is 0 Å². The van der Waals surface area contributed by atoms with E-state index in [1.165, 1.54) is 6.07 Å². The quantitative estimate of drug-likeness (QED) is 0.850. The maximum atomic E-state index is 13.2. The molecule has 100 valence electrons. The molecule has 2 rings (SSSR count). The fourth-order valence-corrected chi connectivity index (χ4v) is 4.41. The van der Waals surface area contributed by atoms with Gasteiger partial charge >= 0.3 is 0 Å². The Hall–Kier alpha value is -1.01. The second-order valence-electron chi connectivity index (χ2n) is 5.31. The van der Waals surface area contributed by atoms with E-state index in [4.69, 9.17) is 0 Å². The molecule has 0 spiro atoms. The molecule has 1 unspecified atom stereocenters. The predicted octanol–water partition coefficient (Wildman–Crippen LogP) is 1.80. The van der Waals surface area contributed by atoms with Gasteiger partial charge in [-0.15, -0.1) is 0 Å². The van der Waals surface area contributed by atoms with Crippen molar-refractivity contribution in [3.8, 4) is 0 Å². The molecule has 0 saturated carbocycles. The van der Waals surface area contributed by atoms with E-state index in [1.54, 1.807) is 13.8 Å². The predicted molar refractivity (Wildman–Crippen MR) is 65.0 cm³/mol. The van der Waals surface area contributed by atoms with E-state index in [2.05, 4.69) is 5.32 Å². The van der Waals surface area contributed by atoms with Crippen LogP contribution in [0.4, 0.5) is 8.78 Å². The van der Waals surface area contributed by atoms with Gasteiger partial charge in [-0.25, -0.2) is 17.2 Å². The molecule has 1 aromatic rings. The summed E-state index contributed by atoms with van der Waals surface area (Å²) in [6.45, 7) is 3.55. The molecule has 0 amide bonds. The van der Waals surface area contributed by atoms with E-state index in [1.807, 2.05) is 0 Å². The van der Waals surface area contributed by atoms with Gasteiger partial charge in [0.2, 0.25) is 0 Å². The van der Waals surface area contributed by atoms with Crippen LogP contribution in [-0.4, -0.2) is 25.5 Å². The molecule has 1 heterocycles. The van der Waals surface area contributed by atoms with Gasteiger partial charge in [-0.05, 0) is 31.5 Å². The minimum atomic E-state index is -3.19. The molecule has 1 atom stereocenters. The number of hydrogen-bond donors (Lipinski definition) is 1. The zero-order chi connectivity index (χ0) is 13.6. The van der Waals surface area contributed by atoms with E-state index in [9.17, 15) is 17.2 Å². The first-order valence-corrected chi connectivity index (χ1v) is 7.44. The van der Waals surface area contributed by atoms with Crippen LogP contribution in [0.3, 0.4) is 0 Å². The Bertz CT molecular complexity index is 569. The molecule has 3 nitrogen and oxygen atoms in total.